The molecule has 1 aromatic heterocycles. The lowest BCUT2D eigenvalue weighted by molar-refractivity contribution is -0.402. The lowest BCUT2D eigenvalue weighted by Crippen LogP contribution is -2.46. The summed E-state index contributed by atoms with van der Waals surface area (Å²) in [6.07, 6.45) is 7.68. The molecule has 3 N–H and O–H groups in total. The smallest absolute Gasteiger partial charge is 0.249 e. The molecule has 0 bridgehead atoms. The van der Waals surface area contributed by atoms with E-state index in [1.807, 2.05) is 17.7 Å². The number of nitrogens with two attached hydrogens (primary N) is 1. The largest absolute Gasteiger partial charge is 0.329 e. The minimum Gasteiger partial charge on any atom is -0.329 e. The Morgan fingerprint density at radius 1 is 1.14 bits per heavy atom. The first-order valence-electron chi connectivity index (χ1n) is 10.4. The summed E-state index contributed by atoms with van der Waals surface area (Å²) in [6.45, 7) is 8.43. The van der Waals surface area contributed by atoms with E-state index in [0.717, 1.165) is 40.0 Å². The fraction of sp³-hybridized carbons (Fsp3) is 0.435. The Morgan fingerprint density at radius 2 is 1.86 bits per heavy atom. The van der Waals surface area contributed by atoms with Gasteiger partial charge in [0.2, 0.25) is 17.5 Å². The molecule has 6 heteroatoms. The van der Waals surface area contributed by atoms with Gasteiger partial charge in [-0.1, -0.05) is 26.0 Å². The molecule has 1 saturated carbocycles. The van der Waals surface area contributed by atoms with Crippen LogP contribution in [0.1, 0.15) is 44.6 Å². The molecule has 0 radical (unpaired) electrons. The van der Waals surface area contributed by atoms with Crippen molar-refractivity contribution < 1.29 is 14.2 Å². The van der Waals surface area contributed by atoms with Crippen LogP contribution in [0.5, 0.6) is 0 Å². The highest BCUT2D eigenvalue weighted by Crippen LogP contribution is 2.24. The van der Waals surface area contributed by atoms with Crippen molar-refractivity contribution in [1.82, 2.24) is 9.88 Å². The molecular weight excluding hydrogens is 364 g/mol. The molecule has 2 aliphatic rings. The van der Waals surface area contributed by atoms with Crippen LogP contribution in [-0.4, -0.2) is 40.3 Å². The molecule has 3 atom stereocenters. The second-order valence-corrected chi connectivity index (χ2v) is 8.33. The summed E-state index contributed by atoms with van der Waals surface area (Å²) >= 11 is 0. The molecule has 1 aliphatic heterocycles. The maximum atomic E-state index is 12.4. The third-order valence-electron chi connectivity index (χ3n) is 6.43. The van der Waals surface area contributed by atoms with Gasteiger partial charge < -0.3 is 10.3 Å². The summed E-state index contributed by atoms with van der Waals surface area (Å²) in [6, 6.07) is 5.97. The Kier molecular flexibility index (Phi) is 5.13. The van der Waals surface area contributed by atoms with E-state index in [2.05, 4.69) is 41.4 Å². The predicted molar refractivity (Wildman–Crippen MR) is 115 cm³/mol. The lowest BCUT2D eigenvalue weighted by Gasteiger charge is -2.23. The lowest BCUT2D eigenvalue weighted by atomic mass is 9.86. The van der Waals surface area contributed by atoms with E-state index in [1.54, 1.807) is 0 Å². The van der Waals surface area contributed by atoms with Crippen LogP contribution >= 0.6 is 0 Å². The SMILES string of the molecule is C=c1c2ccc(/[N+](C)=C/C3CCCC[C@H]3N)cc2c(=C)n1C1CCC(=O)NC1=O. The molecule has 2 amide bonds. The highest BCUT2D eigenvalue weighted by Gasteiger charge is 2.29. The third-order valence-corrected chi connectivity index (χ3v) is 6.43. The van der Waals surface area contributed by atoms with Gasteiger partial charge in [-0.05, 0) is 25.3 Å². The minimum absolute atomic E-state index is 0.221. The molecule has 152 valence electrons. The number of fused-ring (bicyclic) bond motifs is 1. The average molecular weight is 394 g/mol. The number of nitrogens with one attached hydrogen (secondary N) is 1. The van der Waals surface area contributed by atoms with Crippen LogP contribution in [0, 0.1) is 5.92 Å². The summed E-state index contributed by atoms with van der Waals surface area (Å²) in [7, 11) is 2.05. The van der Waals surface area contributed by atoms with Crippen LogP contribution in [-0.2, 0) is 9.59 Å². The maximum absolute atomic E-state index is 12.4. The molecule has 29 heavy (non-hydrogen) atoms. The van der Waals surface area contributed by atoms with Crippen molar-refractivity contribution in [2.45, 2.75) is 50.6 Å². The normalized spacial score (nSPS) is 26.0. The van der Waals surface area contributed by atoms with E-state index in [0.29, 0.717) is 18.8 Å². The van der Waals surface area contributed by atoms with E-state index in [4.69, 9.17) is 5.73 Å². The van der Waals surface area contributed by atoms with Crippen LogP contribution in [0.2, 0.25) is 0 Å². The summed E-state index contributed by atoms with van der Waals surface area (Å²) in [5, 5.41) is 5.89. The summed E-state index contributed by atoms with van der Waals surface area (Å²) in [4.78, 5) is 23.9. The van der Waals surface area contributed by atoms with E-state index >= 15 is 0 Å². The Morgan fingerprint density at radius 3 is 2.59 bits per heavy atom. The number of hydrogen-bond donors (Lipinski definition) is 2. The number of piperidine rings is 1. The number of carbonyl (C=O) groups excluding carboxylic acids is 2. The fourth-order valence-electron chi connectivity index (χ4n) is 4.72. The number of nitrogens with zero attached hydrogens (tertiary/aromatic N) is 2. The molecule has 2 unspecified atom stereocenters. The van der Waals surface area contributed by atoms with Gasteiger partial charge in [0, 0.05) is 46.1 Å². The average Bonchev–Trinajstić information content (AvgIpc) is 2.94. The quantitative estimate of drug-likeness (QED) is 0.469. The van der Waals surface area contributed by atoms with Crippen molar-refractivity contribution >= 4 is 47.6 Å². The van der Waals surface area contributed by atoms with Gasteiger partial charge in [0.25, 0.3) is 0 Å². The van der Waals surface area contributed by atoms with Crippen molar-refractivity contribution in [2.75, 3.05) is 7.05 Å². The first kappa shape index (κ1) is 19.6. The minimum atomic E-state index is -0.451. The first-order chi connectivity index (χ1) is 13.9. The molecule has 1 aromatic carbocycles. The summed E-state index contributed by atoms with van der Waals surface area (Å²) < 4.78 is 4.01. The zero-order valence-corrected chi connectivity index (χ0v) is 17.0. The number of amides is 2. The van der Waals surface area contributed by atoms with Crippen molar-refractivity contribution in [1.29, 1.82) is 0 Å². The predicted octanol–water partition coefficient (Wildman–Crippen LogP) is 1.30. The highest BCUT2D eigenvalue weighted by atomic mass is 16.2. The molecule has 0 spiro atoms. The van der Waals surface area contributed by atoms with E-state index in [-0.39, 0.29) is 17.9 Å². The summed E-state index contributed by atoms with van der Waals surface area (Å²) in [5.41, 5.74) is 7.36. The van der Waals surface area contributed by atoms with Gasteiger partial charge in [-0.25, -0.2) is 4.58 Å². The van der Waals surface area contributed by atoms with Crippen LogP contribution in [0.4, 0.5) is 5.69 Å². The van der Waals surface area contributed by atoms with Gasteiger partial charge in [-0.3, -0.25) is 14.9 Å². The highest BCUT2D eigenvalue weighted by molar-refractivity contribution is 6.00. The van der Waals surface area contributed by atoms with Crippen molar-refractivity contribution in [3.8, 4) is 0 Å². The second kappa shape index (κ2) is 7.59. The van der Waals surface area contributed by atoms with E-state index in [1.165, 1.54) is 12.8 Å². The third kappa shape index (κ3) is 3.53. The van der Waals surface area contributed by atoms with Crippen LogP contribution < -0.4 is 21.7 Å². The van der Waals surface area contributed by atoms with Crippen molar-refractivity contribution in [2.24, 2.45) is 11.7 Å². The molecule has 4 rings (SSSR count). The zero-order valence-electron chi connectivity index (χ0n) is 17.0. The van der Waals surface area contributed by atoms with E-state index < -0.39 is 6.04 Å². The number of hydrogen-bond acceptors (Lipinski definition) is 3. The Bertz CT molecular complexity index is 1110. The monoisotopic (exact) mass is 393 g/mol. The van der Waals surface area contributed by atoms with E-state index in [9.17, 15) is 9.59 Å². The van der Waals surface area contributed by atoms with Gasteiger partial charge in [0.05, 0.1) is 5.92 Å². The maximum Gasteiger partial charge on any atom is 0.249 e. The molecule has 1 saturated heterocycles. The number of imide groups is 1. The molecule has 1 aliphatic carbocycles. The first-order valence-corrected chi connectivity index (χ1v) is 10.4. The van der Waals surface area contributed by atoms with Gasteiger partial charge in [-0.15, -0.1) is 0 Å². The number of benzene rings is 1. The van der Waals surface area contributed by atoms with Crippen LogP contribution in [0.25, 0.3) is 23.9 Å². The molecular formula is C23H29N4O2+. The Labute approximate surface area is 170 Å². The number of carbonyl (C=O) groups is 2. The van der Waals surface area contributed by atoms with Gasteiger partial charge >= 0.3 is 0 Å². The Hall–Kier alpha value is -2.73. The van der Waals surface area contributed by atoms with Gasteiger partial charge in [0.15, 0.2) is 0 Å². The van der Waals surface area contributed by atoms with Gasteiger partial charge in [-0.2, -0.15) is 0 Å². The molecule has 2 fully saturated rings. The molecule has 2 heterocycles. The molecule has 2 aromatic rings. The zero-order chi connectivity index (χ0) is 20.7. The summed E-state index contributed by atoms with van der Waals surface area (Å²) in [5.74, 6) is -0.118. The number of rotatable bonds is 3. The van der Waals surface area contributed by atoms with Crippen molar-refractivity contribution in [3.05, 3.63) is 28.9 Å². The topological polar surface area (TPSA) is 80.1 Å². The van der Waals surface area contributed by atoms with Crippen LogP contribution in [0.15, 0.2) is 18.2 Å². The van der Waals surface area contributed by atoms with Gasteiger partial charge in [0.1, 0.15) is 19.3 Å². The number of aromatic nitrogens is 1. The standard InChI is InChI=1S/C23H28N4O2/c1-14-18-9-8-17(26(3)13-16-6-4-5-7-20(16)24)12-19(18)15(2)27(14)21-10-11-22(28)25-23(21)29/h8-9,12-13,16,20-21H,1-2,4-7,10-11,24H2,3H3/p+1/b26-13+/t16?,20-,21?/m1/s1. The second-order valence-electron chi connectivity index (χ2n) is 8.33. The Balaban J connectivity index is 1.72. The van der Waals surface area contributed by atoms with Crippen LogP contribution in [0.3, 0.4) is 0 Å². The fourth-order valence-corrected chi connectivity index (χ4v) is 4.72. The molecule has 6 nitrogen and oxygen atoms in total. The van der Waals surface area contributed by atoms with Crippen molar-refractivity contribution in [3.63, 3.8) is 0 Å².